The van der Waals surface area contributed by atoms with Crippen molar-refractivity contribution >= 4 is 24.0 Å². The summed E-state index contributed by atoms with van der Waals surface area (Å²) in [6.45, 7) is 0.953. The normalized spacial score (nSPS) is 16.0. The molecule has 1 aliphatic rings. The van der Waals surface area contributed by atoms with Crippen LogP contribution in [0.15, 0.2) is 24.3 Å². The first-order chi connectivity index (χ1) is 11.1. The quantitative estimate of drug-likeness (QED) is 0.580. The molecule has 3 N–H and O–H groups in total. The second-order valence-electron chi connectivity index (χ2n) is 6.43. The molecule has 0 radical (unpaired) electrons. The molecular formula is C17H26ClN3O3. The van der Waals surface area contributed by atoms with Gasteiger partial charge in [0.15, 0.2) is 0 Å². The van der Waals surface area contributed by atoms with E-state index in [4.69, 9.17) is 5.73 Å². The molecular weight excluding hydrogens is 330 g/mol. The number of carbonyl (C=O) groups is 1. The summed E-state index contributed by atoms with van der Waals surface area (Å²) in [5.74, 6) is -0.00376. The molecule has 1 aromatic rings. The Morgan fingerprint density at radius 3 is 2.54 bits per heavy atom. The Labute approximate surface area is 148 Å². The third kappa shape index (κ3) is 5.46. The van der Waals surface area contributed by atoms with Crippen LogP contribution in [0.3, 0.4) is 0 Å². The third-order valence-electron chi connectivity index (χ3n) is 4.79. The van der Waals surface area contributed by atoms with Crippen molar-refractivity contribution in [3.8, 4) is 0 Å². The van der Waals surface area contributed by atoms with Crippen molar-refractivity contribution < 1.29 is 9.72 Å². The van der Waals surface area contributed by atoms with E-state index in [1.807, 2.05) is 0 Å². The van der Waals surface area contributed by atoms with E-state index in [2.05, 4.69) is 5.32 Å². The van der Waals surface area contributed by atoms with Crippen LogP contribution in [0, 0.1) is 15.5 Å². The van der Waals surface area contributed by atoms with Crippen molar-refractivity contribution in [3.63, 3.8) is 0 Å². The van der Waals surface area contributed by atoms with Gasteiger partial charge in [0, 0.05) is 24.6 Å². The summed E-state index contributed by atoms with van der Waals surface area (Å²) in [5.41, 5.74) is 6.60. The summed E-state index contributed by atoms with van der Waals surface area (Å²) >= 11 is 0. The third-order valence-corrected chi connectivity index (χ3v) is 4.79. The number of nitrogens with two attached hydrogens (primary N) is 1. The number of hydrogen-bond donors (Lipinski definition) is 2. The Morgan fingerprint density at radius 2 is 1.92 bits per heavy atom. The lowest BCUT2D eigenvalue weighted by molar-refractivity contribution is -0.385. The summed E-state index contributed by atoms with van der Waals surface area (Å²) in [6.07, 6.45) is 6.45. The summed E-state index contributed by atoms with van der Waals surface area (Å²) in [6, 6.07) is 6.64. The number of carbonyl (C=O) groups excluding carboxylic acids is 1. The van der Waals surface area contributed by atoms with E-state index in [-0.39, 0.29) is 34.3 Å². The number of hydrogen-bond acceptors (Lipinski definition) is 4. The molecule has 6 nitrogen and oxygen atoms in total. The highest BCUT2D eigenvalue weighted by molar-refractivity contribution is 5.85. The number of para-hydroxylation sites is 1. The molecule has 134 valence electrons. The Balaban J connectivity index is 0.00000288. The molecule has 0 aliphatic heterocycles. The van der Waals surface area contributed by atoms with Crippen LogP contribution in [0.1, 0.15) is 44.1 Å². The first-order valence-electron chi connectivity index (χ1n) is 8.25. The minimum absolute atomic E-state index is 0. The molecule has 1 saturated carbocycles. The number of nitrogens with one attached hydrogen (secondary N) is 1. The van der Waals surface area contributed by atoms with Gasteiger partial charge in [-0.2, -0.15) is 0 Å². The Bertz CT molecular complexity index is 560. The van der Waals surface area contributed by atoms with E-state index in [0.717, 1.165) is 25.7 Å². The van der Waals surface area contributed by atoms with Crippen LogP contribution in [0.2, 0.25) is 0 Å². The Morgan fingerprint density at radius 1 is 1.25 bits per heavy atom. The molecule has 0 unspecified atom stereocenters. The van der Waals surface area contributed by atoms with Crippen molar-refractivity contribution in [2.45, 2.75) is 44.9 Å². The molecule has 1 aromatic carbocycles. The van der Waals surface area contributed by atoms with Crippen LogP contribution in [-0.2, 0) is 11.2 Å². The Hall–Kier alpha value is -1.66. The zero-order chi connectivity index (χ0) is 16.7. The highest BCUT2D eigenvalue weighted by Gasteiger charge is 2.32. The van der Waals surface area contributed by atoms with Gasteiger partial charge in [-0.3, -0.25) is 14.9 Å². The van der Waals surface area contributed by atoms with Gasteiger partial charge in [0.1, 0.15) is 0 Å². The first-order valence-corrected chi connectivity index (χ1v) is 8.25. The molecule has 0 heterocycles. The minimum atomic E-state index is -0.386. The molecule has 0 spiro atoms. The van der Waals surface area contributed by atoms with Crippen molar-refractivity contribution in [1.29, 1.82) is 0 Å². The maximum atomic E-state index is 12.2. The van der Waals surface area contributed by atoms with Gasteiger partial charge in [-0.1, -0.05) is 37.5 Å². The van der Waals surface area contributed by atoms with Crippen LogP contribution in [0.5, 0.6) is 0 Å². The van der Waals surface area contributed by atoms with Crippen LogP contribution in [0.25, 0.3) is 0 Å². The van der Waals surface area contributed by atoms with Gasteiger partial charge in [0.05, 0.1) is 4.92 Å². The number of nitro benzene ring substituents is 1. The molecule has 1 aliphatic carbocycles. The van der Waals surface area contributed by atoms with Gasteiger partial charge < -0.3 is 11.1 Å². The number of benzene rings is 1. The standard InChI is InChI=1S/C17H25N3O3.ClH/c18-13-17(9-4-1-5-10-17)12-16(21)19-11-8-14-6-2-3-7-15(14)20(22)23;/h2-3,6-7H,1,4-5,8-13,18H2,(H,19,21);1H. The van der Waals surface area contributed by atoms with Gasteiger partial charge in [-0.25, -0.2) is 0 Å². The zero-order valence-corrected chi connectivity index (χ0v) is 14.6. The highest BCUT2D eigenvalue weighted by Crippen LogP contribution is 2.38. The predicted octanol–water partition coefficient (Wildman–Crippen LogP) is 2.97. The summed E-state index contributed by atoms with van der Waals surface area (Å²) in [5, 5.41) is 13.9. The fourth-order valence-corrected chi connectivity index (χ4v) is 3.39. The van der Waals surface area contributed by atoms with E-state index < -0.39 is 0 Å². The second kappa shape index (κ2) is 9.59. The average Bonchev–Trinajstić information content (AvgIpc) is 2.56. The topological polar surface area (TPSA) is 98.3 Å². The van der Waals surface area contributed by atoms with Gasteiger partial charge in [-0.15, -0.1) is 12.4 Å². The van der Waals surface area contributed by atoms with Gasteiger partial charge in [0.2, 0.25) is 5.91 Å². The molecule has 0 atom stereocenters. The van der Waals surface area contributed by atoms with E-state index in [1.165, 1.54) is 12.5 Å². The van der Waals surface area contributed by atoms with E-state index >= 15 is 0 Å². The summed E-state index contributed by atoms with van der Waals surface area (Å²) in [4.78, 5) is 22.8. The molecule has 0 saturated heterocycles. The van der Waals surface area contributed by atoms with Crippen LogP contribution in [-0.4, -0.2) is 23.9 Å². The molecule has 1 amide bonds. The molecule has 2 rings (SSSR count). The van der Waals surface area contributed by atoms with Crippen LogP contribution >= 0.6 is 12.4 Å². The van der Waals surface area contributed by atoms with E-state index in [0.29, 0.717) is 31.5 Å². The molecule has 0 aromatic heterocycles. The van der Waals surface area contributed by atoms with Crippen molar-refractivity contribution in [3.05, 3.63) is 39.9 Å². The Kier molecular flexibility index (Phi) is 8.15. The molecule has 0 bridgehead atoms. The number of rotatable bonds is 7. The van der Waals surface area contributed by atoms with Crippen LogP contribution in [0.4, 0.5) is 5.69 Å². The monoisotopic (exact) mass is 355 g/mol. The number of nitro groups is 1. The van der Waals surface area contributed by atoms with Crippen molar-refractivity contribution in [1.82, 2.24) is 5.32 Å². The maximum Gasteiger partial charge on any atom is 0.272 e. The zero-order valence-electron chi connectivity index (χ0n) is 13.8. The highest BCUT2D eigenvalue weighted by atomic mass is 35.5. The van der Waals surface area contributed by atoms with Crippen LogP contribution < -0.4 is 11.1 Å². The minimum Gasteiger partial charge on any atom is -0.356 e. The lowest BCUT2D eigenvalue weighted by Crippen LogP contribution is -2.39. The van der Waals surface area contributed by atoms with Gasteiger partial charge >= 0.3 is 0 Å². The SMILES string of the molecule is Cl.NCC1(CC(=O)NCCc2ccccc2[N+](=O)[O-])CCCCC1. The maximum absolute atomic E-state index is 12.2. The lowest BCUT2D eigenvalue weighted by Gasteiger charge is -2.35. The predicted molar refractivity (Wildman–Crippen MR) is 96.2 cm³/mol. The average molecular weight is 356 g/mol. The fourth-order valence-electron chi connectivity index (χ4n) is 3.39. The van der Waals surface area contributed by atoms with Crippen molar-refractivity contribution in [2.24, 2.45) is 11.1 Å². The molecule has 24 heavy (non-hydrogen) atoms. The largest absolute Gasteiger partial charge is 0.356 e. The molecule has 1 fully saturated rings. The smallest absolute Gasteiger partial charge is 0.272 e. The number of amides is 1. The van der Waals surface area contributed by atoms with Crippen molar-refractivity contribution in [2.75, 3.05) is 13.1 Å². The molecule has 7 heteroatoms. The first kappa shape index (κ1) is 20.4. The number of nitrogens with zero attached hydrogens (tertiary/aromatic N) is 1. The number of halogens is 1. The van der Waals surface area contributed by atoms with E-state index in [9.17, 15) is 14.9 Å². The van der Waals surface area contributed by atoms with Gasteiger partial charge in [-0.05, 0) is 31.2 Å². The van der Waals surface area contributed by atoms with E-state index in [1.54, 1.807) is 18.2 Å². The summed E-state index contributed by atoms with van der Waals surface area (Å²) < 4.78 is 0. The fraction of sp³-hybridized carbons (Fsp3) is 0.588. The second-order valence-corrected chi connectivity index (χ2v) is 6.43. The van der Waals surface area contributed by atoms with Gasteiger partial charge in [0.25, 0.3) is 5.69 Å². The lowest BCUT2D eigenvalue weighted by atomic mass is 9.71. The summed E-state index contributed by atoms with van der Waals surface area (Å²) in [7, 11) is 0.